The second-order valence-corrected chi connectivity index (χ2v) is 14.9. The number of benzene rings is 1. The first kappa shape index (κ1) is 23.2. The van der Waals surface area contributed by atoms with Crippen molar-refractivity contribution < 1.29 is 14.5 Å². The van der Waals surface area contributed by atoms with Crippen molar-refractivity contribution in [2.45, 2.75) is 32.1 Å². The molecule has 176 valence electrons. The molecule has 0 radical (unpaired) electrons. The maximum absolute atomic E-state index is 13.3. The Morgan fingerprint density at radius 1 is 1.09 bits per heavy atom. The maximum atomic E-state index is 13.3. The molecular formula is C23H31N5O4Si. The van der Waals surface area contributed by atoms with Crippen LogP contribution in [0.3, 0.4) is 0 Å². The van der Waals surface area contributed by atoms with Crippen LogP contribution in [0.2, 0.25) is 25.2 Å². The molecule has 9 nitrogen and oxygen atoms in total. The number of ether oxygens (including phenoxy) is 1. The summed E-state index contributed by atoms with van der Waals surface area (Å²) in [4.78, 5) is 33.2. The van der Waals surface area contributed by atoms with Gasteiger partial charge in [0.2, 0.25) is 0 Å². The Balaban J connectivity index is 1.60. The summed E-state index contributed by atoms with van der Waals surface area (Å²) in [6.07, 6.45) is 0. The molecule has 2 aromatic rings. The lowest BCUT2D eigenvalue weighted by Crippen LogP contribution is -2.43. The van der Waals surface area contributed by atoms with Gasteiger partial charge < -0.3 is 19.9 Å². The highest BCUT2D eigenvalue weighted by molar-refractivity contribution is 6.77. The molecule has 3 heterocycles. The van der Waals surface area contributed by atoms with E-state index in [0.717, 1.165) is 49.6 Å². The van der Waals surface area contributed by atoms with Crippen LogP contribution in [0.5, 0.6) is 0 Å². The Bertz CT molecular complexity index is 1050. The lowest BCUT2D eigenvalue weighted by molar-refractivity contribution is -0.384. The Hall–Kier alpha value is -2.98. The monoisotopic (exact) mass is 469 g/mol. The van der Waals surface area contributed by atoms with Gasteiger partial charge in [0.25, 0.3) is 11.6 Å². The van der Waals surface area contributed by atoms with Gasteiger partial charge in [0.05, 0.1) is 37.5 Å². The van der Waals surface area contributed by atoms with E-state index in [1.54, 1.807) is 6.07 Å². The van der Waals surface area contributed by atoms with Crippen LogP contribution >= 0.6 is 0 Å². The molecule has 1 N–H and O–H groups in total. The number of carbonyl (C=O) groups excluding carboxylic acids is 1. The average molecular weight is 470 g/mol. The molecular weight excluding hydrogens is 438 g/mol. The smallest absolute Gasteiger partial charge is 0.271 e. The molecule has 10 heteroatoms. The third-order valence-corrected chi connectivity index (χ3v) is 9.58. The number of hydrogen-bond donors (Lipinski definition) is 1. The van der Waals surface area contributed by atoms with Crippen molar-refractivity contribution >= 4 is 37.0 Å². The number of anilines is 3. The van der Waals surface area contributed by atoms with E-state index in [0.29, 0.717) is 30.3 Å². The molecule has 2 fully saturated rings. The predicted octanol–water partition coefficient (Wildman–Crippen LogP) is 3.92. The third-order valence-electron chi connectivity index (χ3n) is 6.43. The lowest BCUT2D eigenvalue weighted by Gasteiger charge is -2.37. The van der Waals surface area contributed by atoms with Crippen LogP contribution in [-0.4, -0.2) is 63.3 Å². The number of nitro benzene ring substituents is 1. The third kappa shape index (κ3) is 5.51. The summed E-state index contributed by atoms with van der Waals surface area (Å²) in [5, 5.41) is 14.3. The Morgan fingerprint density at radius 2 is 1.79 bits per heavy atom. The fourth-order valence-electron chi connectivity index (χ4n) is 4.29. The lowest BCUT2D eigenvalue weighted by atomic mass is 10.1. The molecule has 0 aliphatic carbocycles. The number of nitrogens with one attached hydrogen (secondary N) is 1. The Kier molecular flexibility index (Phi) is 6.66. The minimum atomic E-state index is -1.24. The number of rotatable bonds is 5. The van der Waals surface area contributed by atoms with E-state index in [1.165, 1.54) is 12.1 Å². The van der Waals surface area contributed by atoms with Crippen molar-refractivity contribution in [3.63, 3.8) is 0 Å². The largest absolute Gasteiger partial charge is 0.378 e. The molecule has 0 unspecified atom stereocenters. The second-order valence-electron chi connectivity index (χ2n) is 9.55. The minimum Gasteiger partial charge on any atom is -0.378 e. The van der Waals surface area contributed by atoms with Crippen molar-refractivity contribution in [3.05, 3.63) is 51.6 Å². The van der Waals surface area contributed by atoms with Gasteiger partial charge >= 0.3 is 0 Å². The predicted molar refractivity (Wildman–Crippen MR) is 132 cm³/mol. The highest BCUT2D eigenvalue weighted by Crippen LogP contribution is 2.32. The zero-order chi connectivity index (χ0) is 23.6. The summed E-state index contributed by atoms with van der Waals surface area (Å²) in [5.74, 6) is 0.965. The van der Waals surface area contributed by atoms with Crippen molar-refractivity contribution in [1.82, 2.24) is 4.98 Å². The van der Waals surface area contributed by atoms with Gasteiger partial charge in [-0.05, 0) is 42.8 Å². The van der Waals surface area contributed by atoms with Gasteiger partial charge in [0, 0.05) is 38.3 Å². The first-order chi connectivity index (χ1) is 15.7. The molecule has 1 aromatic carbocycles. The van der Waals surface area contributed by atoms with Crippen LogP contribution in [0, 0.1) is 17.0 Å². The topological polar surface area (TPSA) is 101 Å². The summed E-state index contributed by atoms with van der Waals surface area (Å²) >= 11 is 0. The number of pyridine rings is 1. The summed E-state index contributed by atoms with van der Waals surface area (Å²) in [6.45, 7) is 11.1. The molecule has 4 rings (SSSR count). The molecule has 0 spiro atoms. The van der Waals surface area contributed by atoms with E-state index < -0.39 is 13.0 Å². The highest BCUT2D eigenvalue weighted by atomic mass is 28.3. The van der Waals surface area contributed by atoms with E-state index in [1.807, 2.05) is 19.1 Å². The molecule has 0 atom stereocenters. The fourth-order valence-corrected chi connectivity index (χ4v) is 6.29. The number of aryl methyl sites for hydroxylation is 1. The highest BCUT2D eigenvalue weighted by Gasteiger charge is 2.30. The summed E-state index contributed by atoms with van der Waals surface area (Å²) < 4.78 is 5.42. The molecule has 2 aliphatic heterocycles. The van der Waals surface area contributed by atoms with Crippen LogP contribution in [-0.2, 0) is 4.74 Å². The van der Waals surface area contributed by atoms with E-state index in [-0.39, 0.29) is 11.6 Å². The van der Waals surface area contributed by atoms with Crippen molar-refractivity contribution in [3.8, 4) is 0 Å². The number of hydrogen-bond acceptors (Lipinski definition) is 7. The van der Waals surface area contributed by atoms with Gasteiger partial charge in [-0.3, -0.25) is 14.9 Å². The normalized spacial score (nSPS) is 18.2. The van der Waals surface area contributed by atoms with Crippen LogP contribution < -0.4 is 15.1 Å². The Labute approximate surface area is 194 Å². The van der Waals surface area contributed by atoms with Gasteiger partial charge in [0.15, 0.2) is 0 Å². The van der Waals surface area contributed by atoms with Crippen LogP contribution in [0.25, 0.3) is 0 Å². The zero-order valence-electron chi connectivity index (χ0n) is 19.5. The van der Waals surface area contributed by atoms with Crippen molar-refractivity contribution in [2.24, 2.45) is 0 Å². The molecule has 0 bridgehead atoms. The number of carbonyl (C=O) groups is 1. The number of morpholine rings is 1. The molecule has 1 amide bonds. The minimum absolute atomic E-state index is 0.00749. The van der Waals surface area contributed by atoms with Crippen LogP contribution in [0.15, 0.2) is 30.3 Å². The quantitative estimate of drug-likeness (QED) is 0.402. The number of non-ortho nitro benzene ring substituents is 1. The molecule has 1 aromatic heterocycles. The first-order valence-electron chi connectivity index (χ1n) is 11.4. The molecule has 2 saturated heterocycles. The van der Waals surface area contributed by atoms with Gasteiger partial charge in [-0.2, -0.15) is 0 Å². The first-order valence-corrected chi connectivity index (χ1v) is 14.8. The maximum Gasteiger partial charge on any atom is 0.271 e. The van der Waals surface area contributed by atoms with E-state index in [2.05, 4.69) is 33.2 Å². The number of amides is 1. The summed E-state index contributed by atoms with van der Waals surface area (Å²) in [7, 11) is -1.24. The van der Waals surface area contributed by atoms with Gasteiger partial charge in [0.1, 0.15) is 11.6 Å². The van der Waals surface area contributed by atoms with E-state index in [4.69, 9.17) is 4.74 Å². The van der Waals surface area contributed by atoms with Gasteiger partial charge in [-0.15, -0.1) is 0 Å². The SMILES string of the molecule is Cc1cc(NC(=O)c2ccc([N+](=O)[O-])cc2N2CC[Si](C)(C)CC2)nc(N2CCOCC2)c1. The average Bonchev–Trinajstić information content (AvgIpc) is 2.79. The molecule has 2 aliphatic rings. The zero-order valence-corrected chi connectivity index (χ0v) is 20.5. The summed E-state index contributed by atoms with van der Waals surface area (Å²) in [6, 6.07) is 10.5. The van der Waals surface area contributed by atoms with Gasteiger partial charge in [-0.25, -0.2) is 4.98 Å². The van der Waals surface area contributed by atoms with Crippen LogP contribution in [0.4, 0.5) is 23.0 Å². The second kappa shape index (κ2) is 9.48. The molecule has 33 heavy (non-hydrogen) atoms. The van der Waals surface area contributed by atoms with Crippen LogP contribution in [0.1, 0.15) is 15.9 Å². The number of nitrogens with zero attached hydrogens (tertiary/aromatic N) is 4. The Morgan fingerprint density at radius 3 is 2.45 bits per heavy atom. The fraction of sp³-hybridized carbons (Fsp3) is 0.478. The van der Waals surface area contributed by atoms with E-state index >= 15 is 0 Å². The van der Waals surface area contributed by atoms with Crippen molar-refractivity contribution in [1.29, 1.82) is 0 Å². The van der Waals surface area contributed by atoms with Crippen molar-refractivity contribution in [2.75, 3.05) is 54.5 Å². The number of nitro groups is 1. The number of aromatic nitrogens is 1. The summed E-state index contributed by atoms with van der Waals surface area (Å²) in [5.41, 5.74) is 2.03. The van der Waals surface area contributed by atoms with Gasteiger partial charge in [-0.1, -0.05) is 13.1 Å². The molecule has 0 saturated carbocycles. The standard InChI is InChI=1S/C23H31N5O4Si/c1-17-14-21(24-22(15-17)27-6-10-32-11-7-27)25-23(29)19-5-4-18(28(30)31)16-20(19)26-8-12-33(2,3)13-9-26/h4-5,14-16H,6-13H2,1-3H3,(H,24,25,29). The van der Waals surface area contributed by atoms with E-state index in [9.17, 15) is 14.9 Å².